The Morgan fingerprint density at radius 1 is 0.841 bits per heavy atom. The third kappa shape index (κ3) is 9.82. The Kier molecular flexibility index (Phi) is 12.8. The van der Waals surface area contributed by atoms with Crippen molar-refractivity contribution in [2.45, 2.75) is 34.7 Å². The molecule has 1 aromatic heterocycles. The molecule has 3 N–H and O–H groups in total. The molecule has 0 bridgehead atoms. The van der Waals surface area contributed by atoms with Crippen molar-refractivity contribution in [3.8, 4) is 22.6 Å². The fraction of sp³-hybridized carbons (Fsp3) is 0.267. The molecule has 2 aliphatic rings. The van der Waals surface area contributed by atoms with Crippen molar-refractivity contribution in [3.05, 3.63) is 132 Å². The van der Waals surface area contributed by atoms with Gasteiger partial charge in [-0.2, -0.15) is 13.2 Å². The number of carbonyl (C=O) groups is 1. The van der Waals surface area contributed by atoms with Gasteiger partial charge in [0.05, 0.1) is 16.1 Å². The summed E-state index contributed by atoms with van der Waals surface area (Å²) in [6.07, 6.45) is 2.94. The number of sulfonamides is 1. The van der Waals surface area contributed by atoms with Gasteiger partial charge in [-0.1, -0.05) is 54.1 Å². The highest BCUT2D eigenvalue weighted by Gasteiger charge is 2.48. The standard InChI is InChI=1S/C45H43ClF3N5O7S2/c46-33-10-8-31(9-11-33)36-5-2-1-4-32(36)29-53-20-22-54(23-21-53)34-12-14-38(42(26-34)61-41-7-3-6-39-37(41)16-19-50-39)44(55)52-63(58,59)35-13-15-40(51-28-30-17-24-60-25-18-30)43(27-35)62(56,57)45(47,48)49/h1-16,19,26-27,30,50-51H,17-18,20-25,28-29H2,(H,52,55). The second-order valence-electron chi connectivity index (χ2n) is 15.4. The van der Waals surface area contributed by atoms with Crippen LogP contribution >= 0.6 is 11.6 Å². The van der Waals surface area contributed by atoms with Gasteiger partial charge < -0.3 is 24.7 Å². The minimum absolute atomic E-state index is 0.00555. The topological polar surface area (TPSA) is 150 Å². The van der Waals surface area contributed by atoms with Crippen LogP contribution in [-0.2, 0) is 31.1 Å². The van der Waals surface area contributed by atoms with Crippen molar-refractivity contribution in [2.75, 3.05) is 56.2 Å². The summed E-state index contributed by atoms with van der Waals surface area (Å²) < 4.78 is 109. The fourth-order valence-corrected chi connectivity index (χ4v) is 9.98. The Morgan fingerprint density at radius 3 is 2.33 bits per heavy atom. The van der Waals surface area contributed by atoms with Crippen LogP contribution in [0.25, 0.3) is 22.0 Å². The normalized spacial score (nSPS) is 15.7. The average molecular weight is 922 g/mol. The molecule has 12 nitrogen and oxygen atoms in total. The number of halogens is 4. The fourth-order valence-electron chi connectivity index (χ4n) is 7.82. The van der Waals surface area contributed by atoms with Gasteiger partial charge in [0, 0.05) is 86.4 Å². The molecule has 2 saturated heterocycles. The number of fused-ring (bicyclic) bond motifs is 1. The summed E-state index contributed by atoms with van der Waals surface area (Å²) in [4.78, 5) is 19.4. The zero-order valence-electron chi connectivity index (χ0n) is 33.7. The van der Waals surface area contributed by atoms with Gasteiger partial charge in [0.2, 0.25) is 0 Å². The van der Waals surface area contributed by atoms with Crippen LogP contribution in [-0.4, -0.2) is 84.1 Å². The zero-order valence-corrected chi connectivity index (χ0v) is 36.1. The Morgan fingerprint density at radius 2 is 1.59 bits per heavy atom. The summed E-state index contributed by atoms with van der Waals surface area (Å²) in [5, 5.41) is 4.11. The molecule has 330 valence electrons. The van der Waals surface area contributed by atoms with Gasteiger partial charge in [-0.25, -0.2) is 21.6 Å². The quantitative estimate of drug-likeness (QED) is 0.103. The molecular weight excluding hydrogens is 879 g/mol. The summed E-state index contributed by atoms with van der Waals surface area (Å²) in [6.45, 7) is 4.43. The molecule has 0 radical (unpaired) electrons. The minimum atomic E-state index is -6.03. The molecule has 0 saturated carbocycles. The monoisotopic (exact) mass is 921 g/mol. The highest BCUT2D eigenvalue weighted by Crippen LogP contribution is 2.38. The number of benzene rings is 5. The van der Waals surface area contributed by atoms with Crippen LogP contribution in [0.3, 0.4) is 0 Å². The first-order chi connectivity index (χ1) is 30.2. The van der Waals surface area contributed by atoms with Crippen molar-refractivity contribution >= 4 is 59.6 Å². The Hall–Kier alpha value is -5.59. The molecule has 2 fully saturated rings. The first kappa shape index (κ1) is 44.0. The third-order valence-electron chi connectivity index (χ3n) is 11.3. The van der Waals surface area contributed by atoms with Crippen LogP contribution in [0.4, 0.5) is 24.5 Å². The number of aromatic nitrogens is 1. The van der Waals surface area contributed by atoms with Crippen LogP contribution < -0.4 is 19.7 Å². The Balaban J connectivity index is 1.04. The summed E-state index contributed by atoms with van der Waals surface area (Å²) in [6, 6.07) is 30.1. The van der Waals surface area contributed by atoms with E-state index < -0.39 is 46.8 Å². The maximum Gasteiger partial charge on any atom is 0.501 e. The maximum atomic E-state index is 14.0. The third-order valence-corrected chi connectivity index (χ3v) is 14.4. The number of aromatic amines is 1. The van der Waals surface area contributed by atoms with E-state index in [0.29, 0.717) is 86.7 Å². The lowest BCUT2D eigenvalue weighted by molar-refractivity contribution is -0.0435. The summed E-state index contributed by atoms with van der Waals surface area (Å²) in [5.74, 6) is -0.767. The van der Waals surface area contributed by atoms with E-state index in [2.05, 4.69) is 32.2 Å². The van der Waals surface area contributed by atoms with Crippen LogP contribution in [0, 0.1) is 5.92 Å². The zero-order chi connectivity index (χ0) is 44.4. The number of rotatable bonds is 13. The van der Waals surface area contributed by atoms with Crippen molar-refractivity contribution in [1.82, 2.24) is 14.6 Å². The van der Waals surface area contributed by atoms with Gasteiger partial charge in [-0.15, -0.1) is 0 Å². The van der Waals surface area contributed by atoms with E-state index in [1.165, 1.54) is 11.6 Å². The molecule has 8 rings (SSSR count). The number of nitrogens with zero attached hydrogens (tertiary/aromatic N) is 2. The van der Waals surface area contributed by atoms with Crippen LogP contribution in [0.2, 0.25) is 5.02 Å². The van der Waals surface area contributed by atoms with Crippen molar-refractivity contribution in [3.63, 3.8) is 0 Å². The van der Waals surface area contributed by atoms with E-state index >= 15 is 0 Å². The molecule has 2 aliphatic heterocycles. The molecule has 0 atom stereocenters. The van der Waals surface area contributed by atoms with Crippen molar-refractivity contribution in [1.29, 1.82) is 0 Å². The van der Waals surface area contributed by atoms with Crippen LogP contribution in [0.5, 0.6) is 11.5 Å². The van der Waals surface area contributed by atoms with Gasteiger partial charge in [0.1, 0.15) is 16.4 Å². The predicted octanol–water partition coefficient (Wildman–Crippen LogP) is 8.85. The first-order valence-electron chi connectivity index (χ1n) is 20.2. The maximum absolute atomic E-state index is 14.0. The van der Waals surface area contributed by atoms with E-state index in [0.717, 1.165) is 28.8 Å². The van der Waals surface area contributed by atoms with Gasteiger partial charge in [0.15, 0.2) is 0 Å². The number of ether oxygens (including phenoxy) is 2. The Bertz CT molecular complexity index is 2840. The molecule has 63 heavy (non-hydrogen) atoms. The largest absolute Gasteiger partial charge is 0.501 e. The lowest BCUT2D eigenvalue weighted by Gasteiger charge is -2.36. The molecule has 18 heteroatoms. The first-order valence-corrected chi connectivity index (χ1v) is 23.5. The highest BCUT2D eigenvalue weighted by atomic mass is 35.5. The molecule has 3 heterocycles. The molecule has 5 aromatic carbocycles. The van der Waals surface area contributed by atoms with Crippen LogP contribution in [0.1, 0.15) is 28.8 Å². The lowest BCUT2D eigenvalue weighted by Crippen LogP contribution is -2.46. The number of alkyl halides is 3. The van der Waals surface area contributed by atoms with Gasteiger partial charge in [0.25, 0.3) is 25.8 Å². The van der Waals surface area contributed by atoms with E-state index in [9.17, 15) is 34.8 Å². The number of hydrogen-bond donors (Lipinski definition) is 3. The van der Waals surface area contributed by atoms with Crippen LogP contribution in [0.15, 0.2) is 125 Å². The molecule has 0 spiro atoms. The molecule has 0 unspecified atom stereocenters. The SMILES string of the molecule is O=C(NS(=O)(=O)c1ccc(NCC2CCOCC2)c(S(=O)(=O)C(F)(F)F)c1)c1ccc(N2CCN(Cc3ccccc3-c3ccc(Cl)cc3)CC2)cc1Oc1cccc2[nH]ccc12. The van der Waals surface area contributed by atoms with Gasteiger partial charge in [-0.3, -0.25) is 9.69 Å². The van der Waals surface area contributed by atoms with E-state index in [-0.39, 0.29) is 23.8 Å². The van der Waals surface area contributed by atoms with E-state index in [1.807, 2.05) is 47.2 Å². The summed E-state index contributed by atoms with van der Waals surface area (Å²) >= 11 is 6.14. The molecule has 6 aromatic rings. The minimum Gasteiger partial charge on any atom is -0.456 e. The number of nitrogens with one attached hydrogen (secondary N) is 3. The number of carbonyl (C=O) groups excluding carboxylic acids is 1. The molecule has 0 aliphatic carbocycles. The lowest BCUT2D eigenvalue weighted by atomic mass is 9.99. The Labute approximate surface area is 367 Å². The number of piperazine rings is 1. The second-order valence-corrected chi connectivity index (χ2v) is 19.4. The average Bonchev–Trinajstić information content (AvgIpc) is 3.76. The van der Waals surface area contributed by atoms with E-state index in [4.69, 9.17) is 21.1 Å². The van der Waals surface area contributed by atoms with E-state index in [1.54, 1.807) is 36.5 Å². The van der Waals surface area contributed by atoms with Gasteiger partial charge >= 0.3 is 5.51 Å². The number of hydrogen-bond acceptors (Lipinski definition) is 10. The van der Waals surface area contributed by atoms with Gasteiger partial charge in [-0.05, 0) is 96.1 Å². The number of amides is 1. The highest BCUT2D eigenvalue weighted by molar-refractivity contribution is 7.92. The smallest absolute Gasteiger partial charge is 0.456 e. The summed E-state index contributed by atoms with van der Waals surface area (Å²) in [5.41, 5.74) is -1.53. The number of sulfone groups is 1. The molecule has 1 amide bonds. The number of H-pyrrole nitrogens is 1. The van der Waals surface area contributed by atoms with Crippen molar-refractivity contribution < 1.29 is 44.3 Å². The molecular formula is C45H43ClF3N5O7S2. The second kappa shape index (κ2) is 18.3. The number of anilines is 2. The van der Waals surface area contributed by atoms with Crippen molar-refractivity contribution in [2.24, 2.45) is 5.92 Å². The summed E-state index contributed by atoms with van der Waals surface area (Å²) in [7, 11) is -11.0. The predicted molar refractivity (Wildman–Crippen MR) is 236 cm³/mol.